The van der Waals surface area contributed by atoms with E-state index in [-0.39, 0.29) is 6.61 Å². The lowest BCUT2D eigenvalue weighted by atomic mass is 10.1. The third-order valence-corrected chi connectivity index (χ3v) is 1.88. The summed E-state index contributed by atoms with van der Waals surface area (Å²) in [6.45, 7) is 4.12. The van der Waals surface area contributed by atoms with E-state index in [1.165, 1.54) is 5.56 Å². The van der Waals surface area contributed by atoms with Crippen molar-refractivity contribution < 1.29 is 5.11 Å². The van der Waals surface area contributed by atoms with Crippen LogP contribution in [0.2, 0.25) is 0 Å². The molecule has 0 unspecified atom stereocenters. The molecule has 2 N–H and O–H groups in total. The number of likely N-dealkylation sites (N-methyl/N-ethyl adjacent to an activating group) is 1. The Bertz CT molecular complexity index is 211. The molecule has 0 aliphatic rings. The number of benzene rings is 1. The van der Waals surface area contributed by atoms with Crippen LogP contribution in [0.1, 0.15) is 19.4 Å². The normalized spacial score (nSPS) is 11.4. The minimum absolute atomic E-state index is 0.250. The molecule has 0 aliphatic heterocycles. The van der Waals surface area contributed by atoms with Crippen molar-refractivity contribution in [1.82, 2.24) is 5.32 Å². The maximum Gasteiger partial charge on any atom is 0.0402 e. The van der Waals surface area contributed by atoms with Crippen LogP contribution in [0.3, 0.4) is 0 Å². The molecule has 1 atom stereocenters. The Morgan fingerprint density at radius 1 is 1.29 bits per heavy atom. The summed E-state index contributed by atoms with van der Waals surface area (Å²) in [5.41, 5.74) is 1.40. The van der Waals surface area contributed by atoms with Crippen molar-refractivity contribution in [2.75, 3.05) is 13.7 Å². The molecular formula is C12H21NO. The zero-order valence-electron chi connectivity index (χ0n) is 9.33. The molecular weight excluding hydrogens is 174 g/mol. The van der Waals surface area contributed by atoms with Crippen molar-refractivity contribution in [3.05, 3.63) is 35.9 Å². The first-order valence-corrected chi connectivity index (χ1v) is 5.06. The minimum Gasteiger partial charge on any atom is -0.397 e. The SMILES string of the molecule is CCO.CN[C@@H](C)Cc1ccccc1. The van der Waals surface area contributed by atoms with Crippen LogP contribution in [0, 0.1) is 0 Å². The van der Waals surface area contributed by atoms with E-state index in [9.17, 15) is 0 Å². The fourth-order valence-electron chi connectivity index (χ4n) is 1.07. The summed E-state index contributed by atoms with van der Waals surface area (Å²) in [5, 5.41) is 10.8. The van der Waals surface area contributed by atoms with Gasteiger partial charge in [0.25, 0.3) is 0 Å². The van der Waals surface area contributed by atoms with Gasteiger partial charge in [0.05, 0.1) is 0 Å². The Hall–Kier alpha value is -0.860. The van der Waals surface area contributed by atoms with E-state index < -0.39 is 0 Å². The van der Waals surface area contributed by atoms with Gasteiger partial charge >= 0.3 is 0 Å². The standard InChI is InChI=1S/C10H15N.C2H6O/c1-9(11-2)8-10-6-4-3-5-7-10;1-2-3/h3-7,9,11H,8H2,1-2H3;3H,2H2,1H3/t9-;/m0./s1. The van der Waals surface area contributed by atoms with Crippen molar-refractivity contribution in [1.29, 1.82) is 0 Å². The lowest BCUT2D eigenvalue weighted by molar-refractivity contribution is 0.318. The largest absolute Gasteiger partial charge is 0.397 e. The second kappa shape index (κ2) is 8.73. The van der Waals surface area contributed by atoms with Gasteiger partial charge in [-0.2, -0.15) is 0 Å². The first-order valence-electron chi connectivity index (χ1n) is 5.06. The van der Waals surface area contributed by atoms with Crippen molar-refractivity contribution in [3.8, 4) is 0 Å². The first kappa shape index (κ1) is 13.1. The third-order valence-electron chi connectivity index (χ3n) is 1.88. The van der Waals surface area contributed by atoms with Gasteiger partial charge in [-0.05, 0) is 32.9 Å². The van der Waals surface area contributed by atoms with E-state index in [1.54, 1.807) is 6.92 Å². The molecule has 1 rings (SSSR count). The molecule has 0 spiro atoms. The Morgan fingerprint density at radius 2 is 1.79 bits per heavy atom. The molecule has 0 aromatic heterocycles. The monoisotopic (exact) mass is 195 g/mol. The molecule has 0 saturated carbocycles. The van der Waals surface area contributed by atoms with Crippen LogP contribution >= 0.6 is 0 Å². The number of hydrogen-bond donors (Lipinski definition) is 2. The molecule has 0 heterocycles. The van der Waals surface area contributed by atoms with Crippen LogP contribution in [0.5, 0.6) is 0 Å². The molecule has 2 nitrogen and oxygen atoms in total. The predicted molar refractivity (Wildman–Crippen MR) is 61.4 cm³/mol. The summed E-state index contributed by atoms with van der Waals surface area (Å²) in [4.78, 5) is 0. The quantitative estimate of drug-likeness (QED) is 0.771. The van der Waals surface area contributed by atoms with Gasteiger partial charge in [0.2, 0.25) is 0 Å². The molecule has 80 valence electrons. The predicted octanol–water partition coefficient (Wildman–Crippen LogP) is 1.84. The smallest absolute Gasteiger partial charge is 0.0402 e. The number of rotatable bonds is 3. The van der Waals surface area contributed by atoms with Gasteiger partial charge in [0, 0.05) is 12.6 Å². The second-order valence-electron chi connectivity index (χ2n) is 3.20. The van der Waals surface area contributed by atoms with Crippen molar-refractivity contribution in [2.24, 2.45) is 0 Å². The zero-order chi connectivity index (χ0) is 10.8. The van der Waals surface area contributed by atoms with E-state index in [2.05, 4.69) is 36.5 Å². The Morgan fingerprint density at radius 3 is 2.21 bits per heavy atom. The van der Waals surface area contributed by atoms with Crippen LogP contribution in [-0.2, 0) is 6.42 Å². The van der Waals surface area contributed by atoms with Gasteiger partial charge in [-0.15, -0.1) is 0 Å². The van der Waals surface area contributed by atoms with Gasteiger partial charge in [0.15, 0.2) is 0 Å². The van der Waals surface area contributed by atoms with Crippen molar-refractivity contribution in [2.45, 2.75) is 26.3 Å². The number of hydrogen-bond acceptors (Lipinski definition) is 2. The van der Waals surface area contributed by atoms with Gasteiger partial charge < -0.3 is 10.4 Å². The highest BCUT2D eigenvalue weighted by molar-refractivity contribution is 5.15. The molecule has 0 saturated heterocycles. The maximum atomic E-state index is 7.57. The first-order chi connectivity index (χ1) is 6.74. The van der Waals surface area contributed by atoms with Crippen LogP contribution in [0.4, 0.5) is 0 Å². The molecule has 0 bridgehead atoms. The van der Waals surface area contributed by atoms with Crippen molar-refractivity contribution in [3.63, 3.8) is 0 Å². The Labute approximate surface area is 87.0 Å². The number of aliphatic hydroxyl groups excluding tert-OH is 1. The number of nitrogens with one attached hydrogen (secondary N) is 1. The Kier molecular flexibility index (Phi) is 8.19. The van der Waals surface area contributed by atoms with Gasteiger partial charge in [-0.1, -0.05) is 30.3 Å². The second-order valence-corrected chi connectivity index (χ2v) is 3.20. The molecule has 1 aromatic rings. The number of aliphatic hydroxyl groups is 1. The van der Waals surface area contributed by atoms with Crippen LogP contribution in [-0.4, -0.2) is 24.8 Å². The molecule has 0 radical (unpaired) electrons. The maximum absolute atomic E-state index is 7.57. The van der Waals surface area contributed by atoms with Gasteiger partial charge in [-0.3, -0.25) is 0 Å². The average Bonchev–Trinajstić information content (AvgIpc) is 2.20. The van der Waals surface area contributed by atoms with E-state index in [4.69, 9.17) is 5.11 Å². The molecule has 1 aromatic carbocycles. The van der Waals surface area contributed by atoms with Crippen LogP contribution in [0.15, 0.2) is 30.3 Å². The molecule has 14 heavy (non-hydrogen) atoms. The fourth-order valence-corrected chi connectivity index (χ4v) is 1.07. The summed E-state index contributed by atoms with van der Waals surface area (Å²) < 4.78 is 0. The highest BCUT2D eigenvalue weighted by Crippen LogP contribution is 2.01. The average molecular weight is 195 g/mol. The fraction of sp³-hybridized carbons (Fsp3) is 0.500. The summed E-state index contributed by atoms with van der Waals surface area (Å²) >= 11 is 0. The van der Waals surface area contributed by atoms with E-state index in [0.717, 1.165) is 6.42 Å². The van der Waals surface area contributed by atoms with E-state index >= 15 is 0 Å². The van der Waals surface area contributed by atoms with Gasteiger partial charge in [-0.25, -0.2) is 0 Å². The summed E-state index contributed by atoms with van der Waals surface area (Å²) in [7, 11) is 1.99. The van der Waals surface area contributed by atoms with Crippen molar-refractivity contribution >= 4 is 0 Å². The highest BCUT2D eigenvalue weighted by Gasteiger charge is 1.97. The van der Waals surface area contributed by atoms with Gasteiger partial charge in [0.1, 0.15) is 0 Å². The van der Waals surface area contributed by atoms with Crippen LogP contribution in [0.25, 0.3) is 0 Å². The molecule has 2 heteroatoms. The topological polar surface area (TPSA) is 32.3 Å². The summed E-state index contributed by atoms with van der Waals surface area (Å²) in [6.07, 6.45) is 1.11. The molecule has 0 aliphatic carbocycles. The summed E-state index contributed by atoms with van der Waals surface area (Å²) in [6, 6.07) is 11.1. The molecule has 0 amide bonds. The third kappa shape index (κ3) is 6.63. The van der Waals surface area contributed by atoms with E-state index in [0.29, 0.717) is 6.04 Å². The molecule has 0 fully saturated rings. The van der Waals surface area contributed by atoms with E-state index in [1.807, 2.05) is 13.1 Å². The summed E-state index contributed by atoms with van der Waals surface area (Å²) in [5.74, 6) is 0. The zero-order valence-corrected chi connectivity index (χ0v) is 9.33. The lowest BCUT2D eigenvalue weighted by Gasteiger charge is -2.08. The Balaban J connectivity index is 0.000000500. The highest BCUT2D eigenvalue weighted by atomic mass is 16.2. The minimum atomic E-state index is 0.250. The lowest BCUT2D eigenvalue weighted by Crippen LogP contribution is -2.23. The van der Waals surface area contributed by atoms with Crippen LogP contribution < -0.4 is 5.32 Å².